The number of benzene rings is 1. The average Bonchev–Trinajstić information content (AvgIpc) is 3.75. The van der Waals surface area contributed by atoms with Gasteiger partial charge in [-0.05, 0) is 5.56 Å². The first kappa shape index (κ1) is 31.1. The van der Waals surface area contributed by atoms with E-state index < -0.39 is 0 Å². The first-order chi connectivity index (χ1) is 24.0. The van der Waals surface area contributed by atoms with Crippen LogP contribution in [0.1, 0.15) is 5.56 Å². The molecule has 16 heteroatoms. The third-order valence-corrected chi connectivity index (χ3v) is 9.33. The number of hydrogen-bond donors (Lipinski definition) is 0. The predicted molar refractivity (Wildman–Crippen MR) is 180 cm³/mol. The van der Waals surface area contributed by atoms with Gasteiger partial charge in [-0.15, -0.1) is 5.10 Å². The largest absolute Gasteiger partial charge is 0.445 e. The van der Waals surface area contributed by atoms with E-state index in [1.807, 2.05) is 60.9 Å². The third-order valence-electron chi connectivity index (χ3n) is 9.33. The number of hydrogen-bond acceptors (Lipinski definition) is 13. The fourth-order valence-corrected chi connectivity index (χ4v) is 6.61. The number of rotatable bonds is 9. The van der Waals surface area contributed by atoms with Crippen LogP contribution in [-0.4, -0.2) is 132 Å². The Labute approximate surface area is 283 Å². The fraction of sp³-hybridized carbons (Fsp3) is 0.455. The van der Waals surface area contributed by atoms with E-state index in [1.54, 1.807) is 21.8 Å². The van der Waals surface area contributed by atoms with Crippen molar-refractivity contribution < 1.29 is 14.3 Å². The SMILES string of the molecule is Cn1cc(-c2cnc3c(nnn3C[C@@H]3CN(c4ncc(N5CC(CN6CCN(C(=O)OCc7ccccc7)CC6)C5)cn4)CCO3)n2)cn1. The molecule has 0 unspecified atom stereocenters. The van der Waals surface area contributed by atoms with Crippen LogP contribution in [0.25, 0.3) is 22.6 Å². The maximum Gasteiger partial charge on any atom is 0.410 e. The smallest absolute Gasteiger partial charge is 0.410 e. The highest BCUT2D eigenvalue weighted by atomic mass is 16.6. The molecule has 254 valence electrons. The lowest BCUT2D eigenvalue weighted by molar-refractivity contribution is 0.0272. The maximum absolute atomic E-state index is 12.5. The molecule has 0 radical (unpaired) electrons. The Kier molecular flexibility index (Phi) is 8.70. The zero-order valence-electron chi connectivity index (χ0n) is 27.5. The lowest BCUT2D eigenvalue weighted by Gasteiger charge is -2.44. The van der Waals surface area contributed by atoms with Crippen molar-refractivity contribution in [2.24, 2.45) is 13.0 Å². The molecule has 0 saturated carbocycles. The molecule has 1 aromatic carbocycles. The Bertz CT molecular complexity index is 1870. The normalized spacial score (nSPS) is 19.0. The Hall–Kier alpha value is -5.22. The van der Waals surface area contributed by atoms with Crippen molar-refractivity contribution in [3.8, 4) is 11.3 Å². The van der Waals surface area contributed by atoms with Crippen LogP contribution in [-0.2, 0) is 29.7 Å². The van der Waals surface area contributed by atoms with E-state index >= 15 is 0 Å². The van der Waals surface area contributed by atoms with Crippen LogP contribution in [0.4, 0.5) is 16.4 Å². The van der Waals surface area contributed by atoms with Gasteiger partial charge in [0.05, 0.1) is 55.4 Å². The Morgan fingerprint density at radius 2 is 1.73 bits per heavy atom. The number of morpholine rings is 1. The minimum atomic E-state index is -0.232. The lowest BCUT2D eigenvalue weighted by atomic mass is 9.98. The second-order valence-corrected chi connectivity index (χ2v) is 12.9. The Morgan fingerprint density at radius 1 is 0.918 bits per heavy atom. The van der Waals surface area contributed by atoms with Gasteiger partial charge in [0.1, 0.15) is 6.61 Å². The molecule has 1 amide bonds. The number of aryl methyl sites for hydroxylation is 1. The molecule has 0 aliphatic carbocycles. The molecule has 5 aromatic rings. The molecule has 0 N–H and O–H groups in total. The van der Waals surface area contributed by atoms with Gasteiger partial charge in [-0.2, -0.15) is 5.10 Å². The molecular formula is C33H39N13O3. The molecule has 3 aliphatic heterocycles. The summed E-state index contributed by atoms with van der Waals surface area (Å²) in [5.74, 6) is 1.27. The molecular weight excluding hydrogens is 626 g/mol. The van der Waals surface area contributed by atoms with E-state index in [0.717, 1.165) is 49.5 Å². The summed E-state index contributed by atoms with van der Waals surface area (Å²) in [5.41, 5.74) is 4.72. The van der Waals surface area contributed by atoms with Crippen molar-refractivity contribution in [2.75, 3.05) is 75.3 Å². The van der Waals surface area contributed by atoms with E-state index in [0.29, 0.717) is 74.8 Å². The third kappa shape index (κ3) is 7.00. The summed E-state index contributed by atoms with van der Waals surface area (Å²) >= 11 is 0. The first-order valence-corrected chi connectivity index (χ1v) is 16.7. The van der Waals surface area contributed by atoms with E-state index in [1.165, 1.54) is 0 Å². The molecule has 49 heavy (non-hydrogen) atoms. The van der Waals surface area contributed by atoms with Crippen molar-refractivity contribution in [1.82, 2.24) is 54.5 Å². The van der Waals surface area contributed by atoms with Gasteiger partial charge in [-0.25, -0.2) is 29.4 Å². The van der Waals surface area contributed by atoms with Crippen LogP contribution in [0.2, 0.25) is 0 Å². The molecule has 1 atom stereocenters. The van der Waals surface area contributed by atoms with Crippen LogP contribution >= 0.6 is 0 Å². The molecule has 3 saturated heterocycles. The number of anilines is 2. The van der Waals surface area contributed by atoms with Gasteiger partial charge in [0.25, 0.3) is 0 Å². The van der Waals surface area contributed by atoms with Crippen LogP contribution in [0, 0.1) is 5.92 Å². The molecule has 4 aromatic heterocycles. The average molecular weight is 666 g/mol. The quantitative estimate of drug-likeness (QED) is 0.225. The second kappa shape index (κ2) is 13.7. The van der Waals surface area contributed by atoms with Crippen molar-refractivity contribution >= 4 is 29.0 Å². The van der Waals surface area contributed by atoms with Crippen molar-refractivity contribution in [3.63, 3.8) is 0 Å². The van der Waals surface area contributed by atoms with E-state index in [9.17, 15) is 4.79 Å². The molecule has 3 fully saturated rings. The van der Waals surface area contributed by atoms with Crippen molar-refractivity contribution in [1.29, 1.82) is 0 Å². The Balaban J connectivity index is 0.782. The lowest BCUT2D eigenvalue weighted by Crippen LogP contribution is -2.55. The molecule has 3 aliphatic rings. The zero-order valence-corrected chi connectivity index (χ0v) is 27.5. The number of carbonyl (C=O) groups excluding carboxylic acids is 1. The standard InChI is InChI=1S/C33H39N13O3/c1-41-20-26(13-37-41)29-16-34-31-30(38-29)39-40-46(31)22-28-21-44(11-12-48-28)32-35-14-27(15-36-32)45-18-25(19-45)17-42-7-9-43(10-8-42)33(47)49-23-24-5-3-2-4-6-24/h2-6,13-16,20,25,28H,7-12,17-19,21-23H2,1H3/t28-/m0/s1. The van der Waals surface area contributed by atoms with E-state index in [4.69, 9.17) is 19.4 Å². The highest BCUT2D eigenvalue weighted by Gasteiger charge is 2.31. The summed E-state index contributed by atoms with van der Waals surface area (Å²) in [5, 5.41) is 12.8. The number of aromatic nitrogens is 9. The number of amides is 1. The van der Waals surface area contributed by atoms with Crippen LogP contribution in [0.5, 0.6) is 0 Å². The fourth-order valence-electron chi connectivity index (χ4n) is 6.61. The minimum absolute atomic E-state index is 0.125. The van der Waals surface area contributed by atoms with E-state index in [2.05, 4.69) is 40.1 Å². The number of piperazine rings is 1. The summed E-state index contributed by atoms with van der Waals surface area (Å²) in [6, 6.07) is 9.79. The summed E-state index contributed by atoms with van der Waals surface area (Å²) < 4.78 is 15.1. The van der Waals surface area contributed by atoms with Gasteiger partial charge in [0.15, 0.2) is 5.65 Å². The van der Waals surface area contributed by atoms with Gasteiger partial charge in [0, 0.05) is 83.6 Å². The van der Waals surface area contributed by atoms with Crippen LogP contribution in [0.3, 0.4) is 0 Å². The summed E-state index contributed by atoms with van der Waals surface area (Å²) in [7, 11) is 1.86. The number of ether oxygens (including phenoxy) is 2. The number of fused-ring (bicyclic) bond motifs is 1. The predicted octanol–water partition coefficient (Wildman–Crippen LogP) is 1.71. The summed E-state index contributed by atoms with van der Waals surface area (Å²) in [6.45, 7) is 8.80. The monoisotopic (exact) mass is 665 g/mol. The number of carbonyl (C=O) groups is 1. The highest BCUT2D eigenvalue weighted by Crippen LogP contribution is 2.26. The topological polar surface area (TPSA) is 149 Å². The molecule has 7 heterocycles. The van der Waals surface area contributed by atoms with Gasteiger partial charge in [-0.1, -0.05) is 35.5 Å². The number of nitrogens with zero attached hydrogens (tertiary/aromatic N) is 13. The van der Waals surface area contributed by atoms with Crippen LogP contribution < -0.4 is 9.80 Å². The zero-order chi connectivity index (χ0) is 33.2. The van der Waals surface area contributed by atoms with Gasteiger partial charge >= 0.3 is 6.09 Å². The van der Waals surface area contributed by atoms with Gasteiger partial charge in [-0.3, -0.25) is 9.58 Å². The first-order valence-electron chi connectivity index (χ1n) is 16.7. The molecule has 0 bridgehead atoms. The van der Waals surface area contributed by atoms with Crippen molar-refractivity contribution in [3.05, 3.63) is 66.9 Å². The van der Waals surface area contributed by atoms with Gasteiger partial charge < -0.3 is 24.2 Å². The minimum Gasteiger partial charge on any atom is -0.445 e. The maximum atomic E-state index is 12.5. The Morgan fingerprint density at radius 3 is 2.51 bits per heavy atom. The molecule has 16 nitrogen and oxygen atoms in total. The summed E-state index contributed by atoms with van der Waals surface area (Å²) in [6.07, 6.45) is 8.84. The molecule has 0 spiro atoms. The van der Waals surface area contributed by atoms with Crippen molar-refractivity contribution in [2.45, 2.75) is 19.3 Å². The summed E-state index contributed by atoms with van der Waals surface area (Å²) in [4.78, 5) is 39.9. The second-order valence-electron chi connectivity index (χ2n) is 12.9. The van der Waals surface area contributed by atoms with Crippen LogP contribution in [0.15, 0.2) is 61.3 Å². The highest BCUT2D eigenvalue weighted by molar-refractivity contribution is 5.69. The van der Waals surface area contributed by atoms with E-state index in [-0.39, 0.29) is 12.2 Å². The molecule has 8 rings (SSSR count). The van der Waals surface area contributed by atoms with Gasteiger partial charge in [0.2, 0.25) is 11.6 Å².